The van der Waals surface area contributed by atoms with Crippen LogP contribution in [0.2, 0.25) is 5.02 Å². The Balaban J connectivity index is 1.72. The fraction of sp³-hybridized carbons (Fsp3) is 0.250. The van der Waals surface area contributed by atoms with E-state index in [0.717, 1.165) is 28.4 Å². The Hall–Kier alpha value is -2.63. The van der Waals surface area contributed by atoms with Gasteiger partial charge in [0, 0.05) is 29.0 Å². The van der Waals surface area contributed by atoms with Crippen molar-refractivity contribution in [1.82, 2.24) is 0 Å². The minimum absolute atomic E-state index is 0.187. The molecule has 3 aromatic carbocycles. The van der Waals surface area contributed by atoms with Gasteiger partial charge in [-0.1, -0.05) is 23.7 Å². The number of anilines is 3. The number of halogens is 3. The van der Waals surface area contributed by atoms with E-state index in [0.29, 0.717) is 30.1 Å². The number of aliphatic hydroxyl groups excluding tert-OH is 1. The van der Waals surface area contributed by atoms with Crippen molar-refractivity contribution < 1.29 is 13.9 Å². The molecule has 0 amide bonds. The molecule has 0 aliphatic heterocycles. The maximum atomic E-state index is 13.9. The first-order chi connectivity index (χ1) is 14.3. The van der Waals surface area contributed by atoms with Gasteiger partial charge in [0.25, 0.3) is 0 Å². The van der Waals surface area contributed by atoms with Crippen LogP contribution in [0.4, 0.5) is 25.8 Å². The second kappa shape index (κ2) is 9.92. The topological polar surface area (TPSA) is 44.3 Å². The number of aryl methyl sites for hydroxylation is 1. The zero-order valence-electron chi connectivity index (χ0n) is 17.0. The van der Waals surface area contributed by atoms with E-state index in [2.05, 4.69) is 29.7 Å². The van der Waals surface area contributed by atoms with Crippen molar-refractivity contribution in [3.05, 3.63) is 87.9 Å². The Labute approximate surface area is 180 Å². The van der Waals surface area contributed by atoms with Crippen LogP contribution >= 0.6 is 11.6 Å². The van der Waals surface area contributed by atoms with Gasteiger partial charge in [-0.05, 0) is 79.8 Å². The maximum absolute atomic E-state index is 13.9. The molecule has 0 bridgehead atoms. The zero-order valence-corrected chi connectivity index (χ0v) is 17.7. The SMILES string of the molecule is Cc1ccc(NCCC(C)O)cc1Cc1ccc(Nc2ccc(F)cc2F)cc1Cl. The fourth-order valence-electron chi connectivity index (χ4n) is 3.12. The Kier molecular flexibility index (Phi) is 7.29. The standard InChI is InChI=1S/C24H25ClF2N2O/c1-15-3-6-20(28-10-9-16(2)30)12-18(15)11-17-4-7-21(14-22(17)25)29-24-8-5-19(26)13-23(24)27/h3-8,12-14,16,28-30H,9-11H2,1-2H3. The molecule has 3 N–H and O–H groups in total. The van der Waals surface area contributed by atoms with Crippen molar-refractivity contribution in [3.63, 3.8) is 0 Å². The van der Waals surface area contributed by atoms with Crippen LogP contribution in [0.25, 0.3) is 0 Å². The lowest BCUT2D eigenvalue weighted by Gasteiger charge is -2.14. The van der Waals surface area contributed by atoms with E-state index in [4.69, 9.17) is 11.6 Å². The summed E-state index contributed by atoms with van der Waals surface area (Å²) in [5.74, 6) is -1.28. The number of benzene rings is 3. The predicted octanol–water partition coefficient (Wildman–Crippen LogP) is 6.44. The van der Waals surface area contributed by atoms with Gasteiger partial charge < -0.3 is 15.7 Å². The molecule has 0 aromatic heterocycles. The van der Waals surface area contributed by atoms with Gasteiger partial charge in [0.05, 0.1) is 11.8 Å². The van der Waals surface area contributed by atoms with Crippen LogP contribution in [0.3, 0.4) is 0 Å². The van der Waals surface area contributed by atoms with E-state index in [9.17, 15) is 13.9 Å². The minimum Gasteiger partial charge on any atom is -0.393 e. The lowest BCUT2D eigenvalue weighted by molar-refractivity contribution is 0.189. The van der Waals surface area contributed by atoms with Crippen LogP contribution in [0.1, 0.15) is 30.0 Å². The van der Waals surface area contributed by atoms with Crippen molar-refractivity contribution in [1.29, 1.82) is 0 Å². The van der Waals surface area contributed by atoms with Gasteiger partial charge in [0.2, 0.25) is 0 Å². The minimum atomic E-state index is -0.661. The number of nitrogens with one attached hydrogen (secondary N) is 2. The van der Waals surface area contributed by atoms with Gasteiger partial charge in [-0.25, -0.2) is 8.78 Å². The molecule has 3 rings (SSSR count). The largest absolute Gasteiger partial charge is 0.393 e. The molecule has 0 saturated heterocycles. The summed E-state index contributed by atoms with van der Waals surface area (Å²) in [6.07, 6.45) is 0.997. The Morgan fingerprint density at radius 3 is 2.43 bits per heavy atom. The molecule has 0 heterocycles. The van der Waals surface area contributed by atoms with Crippen LogP contribution < -0.4 is 10.6 Å². The van der Waals surface area contributed by atoms with E-state index in [1.165, 1.54) is 12.1 Å². The number of hydrogen-bond acceptors (Lipinski definition) is 3. The van der Waals surface area contributed by atoms with Crippen LogP contribution in [0.15, 0.2) is 54.6 Å². The average molecular weight is 431 g/mol. The molecule has 0 fully saturated rings. The van der Waals surface area contributed by atoms with Gasteiger partial charge in [0.1, 0.15) is 11.6 Å². The van der Waals surface area contributed by atoms with Crippen LogP contribution in [0.5, 0.6) is 0 Å². The molecule has 0 aliphatic carbocycles. The normalized spacial score (nSPS) is 11.9. The van der Waals surface area contributed by atoms with Gasteiger partial charge in [-0.2, -0.15) is 0 Å². The van der Waals surface area contributed by atoms with E-state index >= 15 is 0 Å². The Morgan fingerprint density at radius 1 is 0.967 bits per heavy atom. The molecule has 0 saturated carbocycles. The molecule has 1 unspecified atom stereocenters. The van der Waals surface area contributed by atoms with Gasteiger partial charge in [-0.15, -0.1) is 0 Å². The zero-order chi connectivity index (χ0) is 21.7. The van der Waals surface area contributed by atoms with E-state index in [1.54, 1.807) is 13.0 Å². The molecule has 3 nitrogen and oxygen atoms in total. The summed E-state index contributed by atoms with van der Waals surface area (Å²) in [5.41, 5.74) is 5.06. The Morgan fingerprint density at radius 2 is 1.73 bits per heavy atom. The summed E-state index contributed by atoms with van der Waals surface area (Å²) in [4.78, 5) is 0. The third-order valence-corrected chi connectivity index (χ3v) is 5.24. The van der Waals surface area contributed by atoms with E-state index < -0.39 is 11.6 Å². The molecule has 3 aromatic rings. The first-order valence-electron chi connectivity index (χ1n) is 9.84. The van der Waals surface area contributed by atoms with Crippen molar-refractivity contribution >= 4 is 28.7 Å². The monoisotopic (exact) mass is 430 g/mol. The smallest absolute Gasteiger partial charge is 0.149 e. The third kappa shape index (κ3) is 5.94. The predicted molar refractivity (Wildman–Crippen MR) is 120 cm³/mol. The molecule has 0 spiro atoms. The summed E-state index contributed by atoms with van der Waals surface area (Å²) in [7, 11) is 0. The summed E-state index contributed by atoms with van der Waals surface area (Å²) in [6, 6.07) is 15.0. The van der Waals surface area contributed by atoms with Crippen molar-refractivity contribution in [3.8, 4) is 0 Å². The molecular weight excluding hydrogens is 406 g/mol. The van der Waals surface area contributed by atoms with Crippen LogP contribution in [-0.4, -0.2) is 17.8 Å². The molecule has 0 aliphatic rings. The maximum Gasteiger partial charge on any atom is 0.149 e. The van der Waals surface area contributed by atoms with E-state index in [1.807, 2.05) is 18.2 Å². The molecule has 30 heavy (non-hydrogen) atoms. The fourth-order valence-corrected chi connectivity index (χ4v) is 3.36. The first kappa shape index (κ1) is 22.1. The third-order valence-electron chi connectivity index (χ3n) is 4.88. The highest BCUT2D eigenvalue weighted by molar-refractivity contribution is 6.31. The number of rotatable bonds is 8. The molecule has 158 valence electrons. The molecule has 0 radical (unpaired) electrons. The van der Waals surface area contributed by atoms with Gasteiger partial charge in [-0.3, -0.25) is 0 Å². The second-order valence-corrected chi connectivity index (χ2v) is 7.85. The van der Waals surface area contributed by atoms with Crippen LogP contribution in [-0.2, 0) is 6.42 Å². The molecule has 6 heteroatoms. The lowest BCUT2D eigenvalue weighted by Crippen LogP contribution is -2.10. The highest BCUT2D eigenvalue weighted by Gasteiger charge is 2.09. The van der Waals surface area contributed by atoms with Crippen molar-refractivity contribution in [2.24, 2.45) is 0 Å². The van der Waals surface area contributed by atoms with Crippen LogP contribution in [0, 0.1) is 18.6 Å². The number of aliphatic hydroxyl groups is 1. The first-order valence-corrected chi connectivity index (χ1v) is 10.2. The summed E-state index contributed by atoms with van der Waals surface area (Å²) >= 11 is 6.48. The molecule has 1 atom stereocenters. The highest BCUT2D eigenvalue weighted by Crippen LogP contribution is 2.28. The average Bonchev–Trinajstić information content (AvgIpc) is 2.68. The Bertz CT molecular complexity index is 1020. The lowest BCUT2D eigenvalue weighted by atomic mass is 9.99. The quantitative estimate of drug-likeness (QED) is 0.385. The second-order valence-electron chi connectivity index (χ2n) is 7.44. The summed E-state index contributed by atoms with van der Waals surface area (Å²) < 4.78 is 26.9. The summed E-state index contributed by atoms with van der Waals surface area (Å²) in [5, 5.41) is 16.2. The summed E-state index contributed by atoms with van der Waals surface area (Å²) in [6.45, 7) is 4.52. The van der Waals surface area contributed by atoms with Gasteiger partial charge in [0.15, 0.2) is 0 Å². The molecular formula is C24H25ClF2N2O. The van der Waals surface area contributed by atoms with E-state index in [-0.39, 0.29) is 11.8 Å². The van der Waals surface area contributed by atoms with Gasteiger partial charge >= 0.3 is 0 Å². The van der Waals surface area contributed by atoms with Crippen molar-refractivity contribution in [2.45, 2.75) is 32.8 Å². The van der Waals surface area contributed by atoms with Crippen molar-refractivity contribution in [2.75, 3.05) is 17.2 Å². The highest BCUT2D eigenvalue weighted by atomic mass is 35.5. The number of hydrogen-bond donors (Lipinski definition) is 3.